The number of sulfone groups is 1. The number of carboxylic acids is 1. The van der Waals surface area contributed by atoms with E-state index in [0.29, 0.717) is 20.9 Å². The van der Waals surface area contributed by atoms with E-state index >= 15 is 0 Å². The van der Waals surface area contributed by atoms with Crippen molar-refractivity contribution in [1.29, 1.82) is 0 Å². The fraction of sp³-hybridized carbons (Fsp3) is 0.438. The lowest BCUT2D eigenvalue weighted by Gasteiger charge is -2.24. The minimum Gasteiger partial charge on any atom is -0.481 e. The van der Waals surface area contributed by atoms with Gasteiger partial charge in [0, 0.05) is 23.8 Å². The zero-order valence-corrected chi connectivity index (χ0v) is 17.1. The van der Waals surface area contributed by atoms with Crippen LogP contribution < -0.4 is 4.90 Å². The first-order chi connectivity index (χ1) is 12.7. The topological polar surface area (TPSA) is 104 Å². The number of aliphatic carboxylic acids is 1. The van der Waals surface area contributed by atoms with E-state index in [1.165, 1.54) is 11.8 Å². The molecule has 0 unspecified atom stereocenters. The fourth-order valence-electron chi connectivity index (χ4n) is 3.05. The summed E-state index contributed by atoms with van der Waals surface area (Å²) in [7, 11) is -3.17. The van der Waals surface area contributed by atoms with Crippen molar-refractivity contribution in [3.63, 3.8) is 0 Å². The van der Waals surface area contributed by atoms with Gasteiger partial charge >= 0.3 is 5.97 Å². The summed E-state index contributed by atoms with van der Waals surface area (Å²) in [5, 5.41) is 9.52. The highest BCUT2D eigenvalue weighted by Gasteiger charge is 2.49. The first-order valence-corrected chi connectivity index (χ1v) is 11.6. The van der Waals surface area contributed by atoms with Crippen molar-refractivity contribution in [2.45, 2.75) is 30.6 Å². The zero-order valence-electron chi connectivity index (χ0n) is 14.0. The molecule has 0 aromatic heterocycles. The van der Waals surface area contributed by atoms with Gasteiger partial charge in [-0.2, -0.15) is 4.99 Å². The number of fused-ring (bicyclic) bond motifs is 1. The number of carbonyl (C=O) groups excluding carboxylic acids is 1. The molecule has 1 aromatic rings. The van der Waals surface area contributed by atoms with Crippen molar-refractivity contribution < 1.29 is 23.1 Å². The van der Waals surface area contributed by atoms with Gasteiger partial charge in [-0.05, 0) is 24.6 Å². The van der Waals surface area contributed by atoms with E-state index in [4.69, 9.17) is 28.3 Å². The average Bonchev–Trinajstić information content (AvgIpc) is 3.00. The molecule has 0 saturated carbocycles. The number of nitrogens with zero attached hydrogens (tertiary/aromatic N) is 2. The van der Waals surface area contributed by atoms with Crippen molar-refractivity contribution in [3.8, 4) is 0 Å². The number of carboxylic acid groups (broad SMARTS) is 1. The molecule has 2 aliphatic heterocycles. The van der Waals surface area contributed by atoms with Crippen LogP contribution in [-0.2, 0) is 19.4 Å². The van der Waals surface area contributed by atoms with Crippen LogP contribution in [0.3, 0.4) is 0 Å². The minimum atomic E-state index is -3.17. The smallest absolute Gasteiger partial charge is 0.303 e. The number of thioether (sulfide) groups is 1. The van der Waals surface area contributed by atoms with Crippen LogP contribution in [0.25, 0.3) is 0 Å². The molecule has 2 saturated heterocycles. The van der Waals surface area contributed by atoms with Crippen LogP contribution >= 0.6 is 35.0 Å². The minimum absolute atomic E-state index is 0.0131. The fourth-order valence-corrected chi connectivity index (χ4v) is 7.28. The molecular formula is C16H16Cl2N2O5S2. The highest BCUT2D eigenvalue weighted by atomic mass is 35.5. The molecule has 27 heavy (non-hydrogen) atoms. The number of anilines is 1. The summed E-state index contributed by atoms with van der Waals surface area (Å²) in [4.78, 5) is 28.6. The third-order valence-electron chi connectivity index (χ3n) is 4.25. The molecule has 2 fully saturated rings. The monoisotopic (exact) mass is 450 g/mol. The van der Waals surface area contributed by atoms with Crippen LogP contribution in [0.5, 0.6) is 0 Å². The maximum Gasteiger partial charge on any atom is 0.303 e. The summed E-state index contributed by atoms with van der Waals surface area (Å²) in [6, 6.07) is 4.57. The molecule has 7 nitrogen and oxygen atoms in total. The molecule has 1 aromatic carbocycles. The molecule has 0 spiro atoms. The van der Waals surface area contributed by atoms with Gasteiger partial charge in [-0.15, -0.1) is 0 Å². The Hall–Kier alpha value is -1.29. The van der Waals surface area contributed by atoms with E-state index in [2.05, 4.69) is 4.99 Å². The Morgan fingerprint density at radius 3 is 2.63 bits per heavy atom. The highest BCUT2D eigenvalue weighted by molar-refractivity contribution is 8.16. The second kappa shape index (κ2) is 7.98. The summed E-state index contributed by atoms with van der Waals surface area (Å²) >= 11 is 13.3. The molecule has 0 aliphatic carbocycles. The quantitative estimate of drug-likeness (QED) is 0.734. The summed E-state index contributed by atoms with van der Waals surface area (Å²) < 4.78 is 24.1. The molecule has 146 valence electrons. The number of aliphatic imine (C=N–C) groups is 1. The second-order valence-corrected chi connectivity index (χ2v) is 10.5. The Labute approximate surface area is 170 Å². The Bertz CT molecular complexity index is 919. The summed E-state index contributed by atoms with van der Waals surface area (Å²) in [6.07, 6.45) is 0.104. The van der Waals surface area contributed by atoms with E-state index in [9.17, 15) is 18.0 Å². The molecule has 3 rings (SSSR count). The number of amides is 1. The van der Waals surface area contributed by atoms with Crippen LogP contribution in [0.2, 0.25) is 10.0 Å². The number of amidine groups is 1. The third kappa shape index (κ3) is 4.77. The highest BCUT2D eigenvalue weighted by Crippen LogP contribution is 2.42. The molecule has 0 bridgehead atoms. The number of carbonyl (C=O) groups is 2. The summed E-state index contributed by atoms with van der Waals surface area (Å²) in [5.74, 6) is -1.42. The van der Waals surface area contributed by atoms with E-state index in [1.54, 1.807) is 23.1 Å². The first kappa shape index (κ1) is 20.4. The largest absolute Gasteiger partial charge is 0.481 e. The maximum absolute atomic E-state index is 12.1. The standard InChI is InChI=1S/C16H16Cl2N2O5S2/c17-10-5-4-9(6-11(10)18)20-12-7-27(24,25)8-13(12)26-16(20)19-14(21)2-1-3-15(22)23/h4-6,12-13H,1-3,7-8H2,(H,22,23)/t12-,13+/m1/s1. The van der Waals surface area contributed by atoms with Gasteiger partial charge in [0.05, 0.1) is 27.6 Å². The Morgan fingerprint density at radius 1 is 1.22 bits per heavy atom. The lowest BCUT2D eigenvalue weighted by molar-refractivity contribution is -0.137. The molecular weight excluding hydrogens is 435 g/mol. The molecule has 1 N–H and O–H groups in total. The van der Waals surface area contributed by atoms with Crippen LogP contribution in [0.4, 0.5) is 5.69 Å². The summed E-state index contributed by atoms with van der Waals surface area (Å²) in [6.45, 7) is 0. The zero-order chi connectivity index (χ0) is 19.8. The van der Waals surface area contributed by atoms with Gasteiger partial charge < -0.3 is 10.0 Å². The van der Waals surface area contributed by atoms with Crippen molar-refractivity contribution in [2.24, 2.45) is 4.99 Å². The molecule has 2 aliphatic rings. The van der Waals surface area contributed by atoms with Gasteiger partial charge in [0.2, 0.25) is 5.91 Å². The van der Waals surface area contributed by atoms with Crippen molar-refractivity contribution in [3.05, 3.63) is 28.2 Å². The maximum atomic E-state index is 12.1. The lowest BCUT2D eigenvalue weighted by Crippen LogP contribution is -2.37. The van der Waals surface area contributed by atoms with Gasteiger partial charge in [0.1, 0.15) is 0 Å². The van der Waals surface area contributed by atoms with Crippen LogP contribution in [0, 0.1) is 0 Å². The second-order valence-electron chi connectivity index (χ2n) is 6.30. The number of rotatable bonds is 5. The molecule has 11 heteroatoms. The predicted molar refractivity (Wildman–Crippen MR) is 107 cm³/mol. The number of hydrogen-bond acceptors (Lipinski definition) is 5. The lowest BCUT2D eigenvalue weighted by atomic mass is 10.2. The Balaban J connectivity index is 1.88. The third-order valence-corrected chi connectivity index (χ3v) is 8.20. The van der Waals surface area contributed by atoms with Gasteiger partial charge in [-0.3, -0.25) is 9.59 Å². The van der Waals surface area contributed by atoms with E-state index < -0.39 is 21.7 Å². The summed E-state index contributed by atoms with van der Waals surface area (Å²) in [5.41, 5.74) is 0.610. The average molecular weight is 451 g/mol. The van der Waals surface area contributed by atoms with E-state index in [-0.39, 0.29) is 42.1 Å². The van der Waals surface area contributed by atoms with Gasteiger partial charge in [-0.25, -0.2) is 8.42 Å². The van der Waals surface area contributed by atoms with Crippen LogP contribution in [0.15, 0.2) is 23.2 Å². The van der Waals surface area contributed by atoms with E-state index in [1.807, 2.05) is 0 Å². The Morgan fingerprint density at radius 2 is 1.96 bits per heavy atom. The van der Waals surface area contributed by atoms with Crippen LogP contribution in [0.1, 0.15) is 19.3 Å². The van der Waals surface area contributed by atoms with Crippen molar-refractivity contribution in [1.82, 2.24) is 0 Å². The van der Waals surface area contributed by atoms with Gasteiger partial charge in [0.25, 0.3) is 0 Å². The Kier molecular flexibility index (Phi) is 6.05. The van der Waals surface area contributed by atoms with Gasteiger partial charge in [-0.1, -0.05) is 35.0 Å². The SMILES string of the molecule is O=C(O)CCCC(=O)N=C1S[C@H]2CS(=O)(=O)C[C@H]2N1c1ccc(Cl)c(Cl)c1. The normalized spacial score (nSPS) is 25.0. The van der Waals surface area contributed by atoms with Crippen LogP contribution in [-0.4, -0.2) is 53.4 Å². The number of hydrogen-bond donors (Lipinski definition) is 1. The molecule has 2 atom stereocenters. The molecule has 1 amide bonds. The first-order valence-electron chi connectivity index (χ1n) is 8.11. The van der Waals surface area contributed by atoms with E-state index in [0.717, 1.165) is 0 Å². The van der Waals surface area contributed by atoms with Crippen molar-refractivity contribution in [2.75, 3.05) is 16.4 Å². The molecule has 0 radical (unpaired) electrons. The number of halogens is 2. The molecule has 2 heterocycles. The predicted octanol–water partition coefficient (Wildman–Crippen LogP) is 2.85. The van der Waals surface area contributed by atoms with Crippen molar-refractivity contribution >= 4 is 67.5 Å². The van der Waals surface area contributed by atoms with Gasteiger partial charge in [0.15, 0.2) is 15.0 Å². The number of benzene rings is 1.